The fraction of sp³-hybridized carbons (Fsp3) is 0.316. The number of pyridine rings is 1. The van der Waals surface area contributed by atoms with E-state index in [4.69, 9.17) is 11.6 Å². The predicted molar refractivity (Wildman–Crippen MR) is 113 cm³/mol. The molecule has 0 spiro atoms. The van der Waals surface area contributed by atoms with Gasteiger partial charge in [0.05, 0.1) is 47.7 Å². The highest BCUT2D eigenvalue weighted by molar-refractivity contribution is 7.89. The van der Waals surface area contributed by atoms with Crippen molar-refractivity contribution in [1.29, 1.82) is 0 Å². The molecule has 0 saturated heterocycles. The molecule has 0 aliphatic heterocycles. The third-order valence-electron chi connectivity index (χ3n) is 4.88. The zero-order valence-corrected chi connectivity index (χ0v) is 17.7. The van der Waals surface area contributed by atoms with Crippen LogP contribution in [0.3, 0.4) is 0 Å². The van der Waals surface area contributed by atoms with E-state index in [2.05, 4.69) is 9.97 Å². The summed E-state index contributed by atoms with van der Waals surface area (Å²) in [7, 11) is -3.82. The van der Waals surface area contributed by atoms with E-state index in [9.17, 15) is 17.6 Å². The van der Waals surface area contributed by atoms with Crippen molar-refractivity contribution in [1.82, 2.24) is 23.1 Å². The largest absolute Gasteiger partial charge is 0.343 e. The number of hydrogen-bond donors (Lipinski definition) is 0. The van der Waals surface area contributed by atoms with Crippen molar-refractivity contribution in [2.24, 2.45) is 0 Å². The molecule has 0 amide bonds. The molecule has 158 valence electrons. The predicted octanol–water partition coefficient (Wildman–Crippen LogP) is 2.81. The highest BCUT2D eigenvalue weighted by atomic mass is 35.5. The van der Waals surface area contributed by atoms with Crippen molar-refractivity contribution in [3.05, 3.63) is 58.0 Å². The topological polar surface area (TPSA) is 91.8 Å². The Hall–Kier alpha value is -2.72. The van der Waals surface area contributed by atoms with Crippen LogP contribution in [0.15, 0.2) is 41.5 Å². The van der Waals surface area contributed by atoms with Gasteiger partial charge in [-0.1, -0.05) is 11.6 Å². The lowest BCUT2D eigenvalue weighted by molar-refractivity contribution is 0.446. The first-order valence-electron chi connectivity index (χ1n) is 9.27. The van der Waals surface area contributed by atoms with Crippen LogP contribution in [0.1, 0.15) is 18.7 Å². The molecular weight excluding hydrogens is 433 g/mol. The van der Waals surface area contributed by atoms with Crippen LogP contribution in [0.2, 0.25) is 5.02 Å². The molecule has 0 aliphatic carbocycles. The molecule has 0 atom stereocenters. The van der Waals surface area contributed by atoms with E-state index < -0.39 is 22.4 Å². The van der Waals surface area contributed by atoms with E-state index in [-0.39, 0.29) is 12.1 Å². The fourth-order valence-corrected chi connectivity index (χ4v) is 4.64. The van der Waals surface area contributed by atoms with Gasteiger partial charge in [0.25, 0.3) is 0 Å². The molecule has 8 nitrogen and oxygen atoms in total. The molecule has 4 rings (SSSR count). The van der Waals surface area contributed by atoms with E-state index >= 15 is 0 Å². The number of unbranched alkanes of at least 4 members (excludes halogenated alkanes) is 1. The number of fused-ring (bicyclic) bond motifs is 2. The third kappa shape index (κ3) is 3.61. The van der Waals surface area contributed by atoms with Crippen LogP contribution in [-0.2, 0) is 23.1 Å². The Morgan fingerprint density at radius 2 is 1.90 bits per heavy atom. The van der Waals surface area contributed by atoms with E-state index in [1.165, 1.54) is 23.0 Å². The Morgan fingerprint density at radius 1 is 1.10 bits per heavy atom. The Morgan fingerprint density at radius 3 is 2.63 bits per heavy atom. The highest BCUT2D eigenvalue weighted by Gasteiger charge is 2.21. The number of aryl methyl sites for hydroxylation is 1. The van der Waals surface area contributed by atoms with Crippen molar-refractivity contribution in [3.8, 4) is 0 Å². The summed E-state index contributed by atoms with van der Waals surface area (Å²) in [6.45, 7) is 0.126. The molecule has 0 saturated carbocycles. The zero-order chi connectivity index (χ0) is 21.5. The van der Waals surface area contributed by atoms with Gasteiger partial charge in [-0.3, -0.25) is 13.9 Å². The number of rotatable bonds is 7. The van der Waals surface area contributed by atoms with Gasteiger partial charge in [-0.05, 0) is 37.1 Å². The number of benzene rings is 1. The molecule has 0 radical (unpaired) electrons. The summed E-state index contributed by atoms with van der Waals surface area (Å²) in [5.41, 5.74) is 1.40. The van der Waals surface area contributed by atoms with Crippen molar-refractivity contribution < 1.29 is 12.8 Å². The van der Waals surface area contributed by atoms with Crippen LogP contribution in [0.4, 0.5) is 4.39 Å². The van der Waals surface area contributed by atoms with Crippen LogP contribution in [0, 0.1) is 0 Å². The summed E-state index contributed by atoms with van der Waals surface area (Å²) in [5, 5.41) is 0.525. The lowest BCUT2D eigenvalue weighted by Crippen LogP contribution is -2.29. The second kappa shape index (κ2) is 7.84. The lowest BCUT2D eigenvalue weighted by atomic mass is 10.3. The summed E-state index contributed by atoms with van der Waals surface area (Å²) < 4.78 is 41.0. The summed E-state index contributed by atoms with van der Waals surface area (Å²) in [6, 6.07) is 6.77. The Labute approximate surface area is 176 Å². The second-order valence-corrected chi connectivity index (χ2v) is 9.24. The van der Waals surface area contributed by atoms with E-state index in [0.717, 1.165) is 15.7 Å². The third-order valence-corrected chi connectivity index (χ3v) is 6.13. The lowest BCUT2D eigenvalue weighted by Gasteiger charge is -2.09. The normalized spacial score (nSPS) is 12.2. The number of imidazole rings is 2. The number of halogens is 2. The van der Waals surface area contributed by atoms with Crippen LogP contribution in [0.5, 0.6) is 0 Å². The molecular formula is C19H19ClFN5O3S. The van der Waals surface area contributed by atoms with Crippen molar-refractivity contribution >= 4 is 43.7 Å². The summed E-state index contributed by atoms with van der Waals surface area (Å²) in [5.74, 6) is 0.546. The maximum absolute atomic E-state index is 13.0. The molecule has 1 aromatic carbocycles. The molecule has 0 aliphatic rings. The standard InChI is InChI=1S/C19H19ClFN5O3S/c1-30(28,29)26-16-6-8-22-11-17(16)25(19(26)27)12-18-23-14-10-13(20)4-5-15(14)24(18)9-3-2-7-21/h4-6,8,10-11H,2-3,7,9,12H2,1H3. The first kappa shape index (κ1) is 20.5. The van der Waals surface area contributed by atoms with Crippen LogP contribution in [-0.4, -0.2) is 44.4 Å². The van der Waals surface area contributed by atoms with Crippen LogP contribution in [0.25, 0.3) is 22.1 Å². The smallest absolute Gasteiger partial charge is 0.326 e. The molecule has 3 aromatic heterocycles. The SMILES string of the molecule is CS(=O)(=O)n1c(=O)n(Cc2nc3cc(Cl)ccc3n2CCCCF)c2cnccc21. The van der Waals surface area contributed by atoms with Crippen LogP contribution >= 0.6 is 11.6 Å². The molecule has 30 heavy (non-hydrogen) atoms. The average Bonchev–Trinajstić information content (AvgIpc) is 3.16. The maximum Gasteiger partial charge on any atom is 0.343 e. The molecule has 3 heterocycles. The van der Waals surface area contributed by atoms with Gasteiger partial charge in [0.15, 0.2) is 0 Å². The fourth-order valence-electron chi connectivity index (χ4n) is 3.58. The van der Waals surface area contributed by atoms with E-state index in [0.29, 0.717) is 41.3 Å². The maximum atomic E-state index is 13.0. The molecule has 11 heteroatoms. The summed E-state index contributed by atoms with van der Waals surface area (Å²) in [4.78, 5) is 21.6. The average molecular weight is 452 g/mol. The van der Waals surface area contributed by atoms with Gasteiger partial charge in [0, 0.05) is 17.8 Å². The monoisotopic (exact) mass is 451 g/mol. The first-order valence-corrected chi connectivity index (χ1v) is 11.5. The zero-order valence-electron chi connectivity index (χ0n) is 16.1. The van der Waals surface area contributed by atoms with Gasteiger partial charge >= 0.3 is 5.69 Å². The van der Waals surface area contributed by atoms with Gasteiger partial charge in [-0.25, -0.2) is 18.2 Å². The van der Waals surface area contributed by atoms with Gasteiger partial charge in [-0.15, -0.1) is 0 Å². The van der Waals surface area contributed by atoms with Crippen molar-refractivity contribution in [2.45, 2.75) is 25.9 Å². The Balaban J connectivity index is 1.89. The number of nitrogens with zero attached hydrogens (tertiary/aromatic N) is 5. The molecule has 0 fully saturated rings. The molecule has 0 N–H and O–H groups in total. The molecule has 0 unspecified atom stereocenters. The van der Waals surface area contributed by atoms with Gasteiger partial charge in [0.2, 0.25) is 10.0 Å². The Kier molecular flexibility index (Phi) is 5.37. The van der Waals surface area contributed by atoms with E-state index in [1.54, 1.807) is 12.1 Å². The van der Waals surface area contributed by atoms with Gasteiger partial charge in [0.1, 0.15) is 5.82 Å². The minimum atomic E-state index is -3.82. The van der Waals surface area contributed by atoms with Crippen molar-refractivity contribution in [3.63, 3.8) is 0 Å². The van der Waals surface area contributed by atoms with Crippen molar-refractivity contribution in [2.75, 3.05) is 12.9 Å². The minimum Gasteiger partial charge on any atom is -0.326 e. The second-order valence-electron chi connectivity index (χ2n) is 6.97. The molecule has 0 bridgehead atoms. The molecule has 4 aromatic rings. The number of alkyl halides is 1. The van der Waals surface area contributed by atoms with Crippen LogP contribution < -0.4 is 5.69 Å². The highest BCUT2D eigenvalue weighted by Crippen LogP contribution is 2.23. The Bertz CT molecular complexity index is 1410. The van der Waals surface area contributed by atoms with Gasteiger partial charge < -0.3 is 4.57 Å². The first-order chi connectivity index (χ1) is 14.3. The summed E-state index contributed by atoms with van der Waals surface area (Å²) in [6.07, 6.45) is 4.86. The number of aromatic nitrogens is 5. The van der Waals surface area contributed by atoms with Gasteiger partial charge in [-0.2, -0.15) is 3.97 Å². The van der Waals surface area contributed by atoms with E-state index in [1.807, 2.05) is 10.6 Å². The number of hydrogen-bond acceptors (Lipinski definition) is 5. The summed E-state index contributed by atoms with van der Waals surface area (Å²) >= 11 is 6.09. The minimum absolute atomic E-state index is 0.0332. The quantitative estimate of drug-likeness (QED) is 0.403.